The van der Waals surface area contributed by atoms with Crippen LogP contribution in [0.2, 0.25) is 0 Å². The van der Waals surface area contributed by atoms with E-state index in [2.05, 4.69) is 22.4 Å². The van der Waals surface area contributed by atoms with Gasteiger partial charge in [0.25, 0.3) is 0 Å². The summed E-state index contributed by atoms with van der Waals surface area (Å²) >= 11 is 0. The lowest BCUT2D eigenvalue weighted by Crippen LogP contribution is -2.45. The summed E-state index contributed by atoms with van der Waals surface area (Å²) in [5.74, 6) is 0.0626. The van der Waals surface area contributed by atoms with E-state index >= 15 is 0 Å². The van der Waals surface area contributed by atoms with Crippen LogP contribution in [0.4, 0.5) is 0 Å². The molecule has 0 saturated carbocycles. The Bertz CT molecular complexity index is 407. The number of piperidine rings is 1. The number of aryl methyl sites for hydroxylation is 1. The fourth-order valence-electron chi connectivity index (χ4n) is 2.24. The second-order valence-corrected chi connectivity index (χ2v) is 5.20. The fourth-order valence-corrected chi connectivity index (χ4v) is 2.24. The van der Waals surface area contributed by atoms with E-state index in [-0.39, 0.29) is 11.9 Å². The molecule has 0 bridgehead atoms. The van der Waals surface area contributed by atoms with Crippen molar-refractivity contribution >= 4 is 5.91 Å². The second-order valence-electron chi connectivity index (χ2n) is 5.20. The molecule has 5 heteroatoms. The highest BCUT2D eigenvalue weighted by molar-refractivity contribution is 5.80. The molecule has 100 valence electrons. The standard InChI is InChI=1S/C13H22N4O/c1-10-4-9-17(15-10)11(2)13(18)14-12-5-7-16(3)8-6-12/h4,9,11-12H,5-8H2,1-3H3,(H,14,18). The third-order valence-electron chi connectivity index (χ3n) is 3.58. The highest BCUT2D eigenvalue weighted by atomic mass is 16.2. The van der Waals surface area contributed by atoms with Gasteiger partial charge in [0.2, 0.25) is 5.91 Å². The van der Waals surface area contributed by atoms with Gasteiger partial charge < -0.3 is 10.2 Å². The number of hydrogen-bond acceptors (Lipinski definition) is 3. The maximum atomic E-state index is 12.1. The second kappa shape index (κ2) is 5.52. The lowest BCUT2D eigenvalue weighted by atomic mass is 10.1. The maximum absolute atomic E-state index is 12.1. The lowest BCUT2D eigenvalue weighted by molar-refractivity contribution is -0.125. The Labute approximate surface area is 108 Å². The summed E-state index contributed by atoms with van der Waals surface area (Å²) in [5.41, 5.74) is 0.939. The number of carbonyl (C=O) groups is 1. The van der Waals surface area contributed by atoms with Gasteiger partial charge in [-0.3, -0.25) is 9.48 Å². The molecule has 5 nitrogen and oxygen atoms in total. The Balaban J connectivity index is 1.88. The van der Waals surface area contributed by atoms with Crippen LogP contribution in [0.25, 0.3) is 0 Å². The monoisotopic (exact) mass is 250 g/mol. The molecule has 0 radical (unpaired) electrons. The van der Waals surface area contributed by atoms with E-state index in [1.165, 1.54) is 0 Å². The Morgan fingerprint density at radius 3 is 2.72 bits per heavy atom. The van der Waals surface area contributed by atoms with Crippen LogP contribution in [0.1, 0.15) is 31.5 Å². The minimum Gasteiger partial charge on any atom is -0.351 e. The van der Waals surface area contributed by atoms with Gasteiger partial charge in [-0.05, 0) is 52.9 Å². The van der Waals surface area contributed by atoms with Gasteiger partial charge in [0.15, 0.2) is 0 Å². The number of amides is 1. The highest BCUT2D eigenvalue weighted by Crippen LogP contribution is 2.11. The molecule has 1 fully saturated rings. The van der Waals surface area contributed by atoms with Crippen molar-refractivity contribution in [3.05, 3.63) is 18.0 Å². The van der Waals surface area contributed by atoms with Crippen molar-refractivity contribution in [2.75, 3.05) is 20.1 Å². The van der Waals surface area contributed by atoms with Gasteiger partial charge in [0.1, 0.15) is 6.04 Å². The van der Waals surface area contributed by atoms with Crippen LogP contribution in [0, 0.1) is 6.92 Å². The molecule has 2 rings (SSSR count). The molecule has 18 heavy (non-hydrogen) atoms. The summed E-state index contributed by atoms with van der Waals surface area (Å²) < 4.78 is 1.72. The molecule has 2 heterocycles. The molecular formula is C13H22N4O. The number of aromatic nitrogens is 2. The van der Waals surface area contributed by atoms with Gasteiger partial charge in [-0.1, -0.05) is 0 Å². The van der Waals surface area contributed by atoms with E-state index in [9.17, 15) is 4.79 Å². The van der Waals surface area contributed by atoms with Crippen molar-refractivity contribution in [3.63, 3.8) is 0 Å². The summed E-state index contributed by atoms with van der Waals surface area (Å²) in [5, 5.41) is 7.40. The number of nitrogens with zero attached hydrogens (tertiary/aromatic N) is 3. The number of carbonyl (C=O) groups excluding carboxylic acids is 1. The molecule has 1 atom stereocenters. The van der Waals surface area contributed by atoms with Crippen molar-refractivity contribution in [3.8, 4) is 0 Å². The maximum Gasteiger partial charge on any atom is 0.244 e. The highest BCUT2D eigenvalue weighted by Gasteiger charge is 2.22. The van der Waals surface area contributed by atoms with Crippen molar-refractivity contribution in [1.82, 2.24) is 20.0 Å². The first-order valence-electron chi connectivity index (χ1n) is 6.57. The van der Waals surface area contributed by atoms with Crippen LogP contribution in [-0.4, -0.2) is 46.8 Å². The molecule has 0 aliphatic carbocycles. The van der Waals surface area contributed by atoms with Gasteiger partial charge in [-0.15, -0.1) is 0 Å². The zero-order valence-electron chi connectivity index (χ0n) is 11.4. The molecule has 1 saturated heterocycles. The largest absolute Gasteiger partial charge is 0.351 e. The Hall–Kier alpha value is -1.36. The quantitative estimate of drug-likeness (QED) is 0.869. The summed E-state index contributed by atoms with van der Waals surface area (Å²) in [6.45, 7) is 5.93. The van der Waals surface area contributed by atoms with Crippen LogP contribution in [0.5, 0.6) is 0 Å². The van der Waals surface area contributed by atoms with Gasteiger partial charge in [-0.25, -0.2) is 0 Å². The molecule has 1 aromatic heterocycles. The van der Waals surface area contributed by atoms with Crippen molar-refractivity contribution in [2.45, 2.75) is 38.8 Å². The first kappa shape index (κ1) is 13.1. The summed E-state index contributed by atoms with van der Waals surface area (Å²) in [6.07, 6.45) is 3.93. The fraction of sp³-hybridized carbons (Fsp3) is 0.692. The summed E-state index contributed by atoms with van der Waals surface area (Å²) in [4.78, 5) is 14.4. The molecule has 0 aromatic carbocycles. The van der Waals surface area contributed by atoms with Crippen LogP contribution in [-0.2, 0) is 4.79 Å². The molecule has 1 unspecified atom stereocenters. The topological polar surface area (TPSA) is 50.2 Å². The molecule has 1 aliphatic heterocycles. The van der Waals surface area contributed by atoms with E-state index in [1.54, 1.807) is 4.68 Å². The Morgan fingerprint density at radius 2 is 2.17 bits per heavy atom. The number of nitrogens with one attached hydrogen (secondary N) is 1. The molecular weight excluding hydrogens is 228 g/mol. The van der Waals surface area contributed by atoms with Crippen LogP contribution in [0.15, 0.2) is 12.3 Å². The predicted molar refractivity (Wildman–Crippen MR) is 70.3 cm³/mol. The summed E-state index contributed by atoms with van der Waals surface area (Å²) in [6, 6.07) is 1.99. The Kier molecular flexibility index (Phi) is 4.01. The van der Waals surface area contributed by atoms with E-state index in [1.807, 2.05) is 26.1 Å². The average molecular weight is 250 g/mol. The smallest absolute Gasteiger partial charge is 0.244 e. The first-order valence-corrected chi connectivity index (χ1v) is 6.57. The van der Waals surface area contributed by atoms with Crippen LogP contribution < -0.4 is 5.32 Å². The van der Waals surface area contributed by atoms with Crippen molar-refractivity contribution in [2.24, 2.45) is 0 Å². The van der Waals surface area contributed by atoms with E-state index < -0.39 is 0 Å². The first-order chi connectivity index (χ1) is 8.56. The van der Waals surface area contributed by atoms with Crippen LogP contribution in [0.3, 0.4) is 0 Å². The van der Waals surface area contributed by atoms with Crippen LogP contribution >= 0.6 is 0 Å². The van der Waals surface area contributed by atoms with Crippen molar-refractivity contribution in [1.29, 1.82) is 0 Å². The van der Waals surface area contributed by atoms with Gasteiger partial charge in [-0.2, -0.15) is 5.10 Å². The van der Waals surface area contributed by atoms with E-state index in [4.69, 9.17) is 0 Å². The number of rotatable bonds is 3. The Morgan fingerprint density at radius 1 is 1.50 bits per heavy atom. The van der Waals surface area contributed by atoms with Gasteiger partial charge in [0.05, 0.1) is 5.69 Å². The SMILES string of the molecule is Cc1ccn(C(C)C(=O)NC2CCN(C)CC2)n1. The average Bonchev–Trinajstić information content (AvgIpc) is 2.78. The van der Waals surface area contributed by atoms with E-state index in [0.717, 1.165) is 31.6 Å². The van der Waals surface area contributed by atoms with Gasteiger partial charge >= 0.3 is 0 Å². The lowest BCUT2D eigenvalue weighted by Gasteiger charge is -2.30. The normalized spacial score (nSPS) is 19.7. The zero-order valence-corrected chi connectivity index (χ0v) is 11.4. The van der Waals surface area contributed by atoms with E-state index in [0.29, 0.717) is 6.04 Å². The summed E-state index contributed by atoms with van der Waals surface area (Å²) in [7, 11) is 2.12. The molecule has 1 aliphatic rings. The molecule has 1 amide bonds. The molecule has 1 N–H and O–H groups in total. The minimum atomic E-state index is -0.238. The molecule has 1 aromatic rings. The number of hydrogen-bond donors (Lipinski definition) is 1. The minimum absolute atomic E-state index is 0.0626. The van der Waals surface area contributed by atoms with Crippen molar-refractivity contribution < 1.29 is 4.79 Å². The zero-order chi connectivity index (χ0) is 13.1. The third-order valence-corrected chi connectivity index (χ3v) is 3.58. The molecule has 0 spiro atoms. The number of likely N-dealkylation sites (tertiary alicyclic amines) is 1. The predicted octanol–water partition coefficient (Wildman–Crippen LogP) is 0.963. The van der Waals surface area contributed by atoms with Gasteiger partial charge in [0, 0.05) is 12.2 Å². The third kappa shape index (κ3) is 3.10.